The zero-order valence-electron chi connectivity index (χ0n) is 9.63. The van der Waals surface area contributed by atoms with E-state index in [9.17, 15) is 9.90 Å². The minimum atomic E-state index is -0.455. The summed E-state index contributed by atoms with van der Waals surface area (Å²) in [4.78, 5) is 11.9. The zero-order valence-corrected chi connectivity index (χ0v) is 9.63. The molecule has 1 atom stereocenters. The van der Waals surface area contributed by atoms with Crippen molar-refractivity contribution in [2.45, 2.75) is 6.04 Å². The number of hydrogen-bond acceptors (Lipinski definition) is 4. The van der Waals surface area contributed by atoms with Gasteiger partial charge < -0.3 is 16.2 Å². The van der Waals surface area contributed by atoms with Gasteiger partial charge in [0.1, 0.15) is 11.5 Å². The van der Waals surface area contributed by atoms with Crippen molar-refractivity contribution in [1.82, 2.24) is 15.5 Å². The molecule has 0 aliphatic heterocycles. The number of nitrogens with two attached hydrogens (primary N) is 1. The Morgan fingerprint density at radius 1 is 1.44 bits per heavy atom. The molecule has 0 radical (unpaired) electrons. The van der Waals surface area contributed by atoms with Crippen molar-refractivity contribution in [3.05, 3.63) is 47.7 Å². The number of aromatic amines is 1. The number of aromatic nitrogens is 2. The number of aliphatic hydroxyl groups is 1. The van der Waals surface area contributed by atoms with Crippen molar-refractivity contribution in [1.29, 1.82) is 0 Å². The topological polar surface area (TPSA) is 104 Å². The molecule has 1 amide bonds. The van der Waals surface area contributed by atoms with Crippen LogP contribution in [-0.2, 0) is 0 Å². The maximum atomic E-state index is 11.9. The van der Waals surface area contributed by atoms with Gasteiger partial charge in [-0.05, 0) is 5.56 Å². The summed E-state index contributed by atoms with van der Waals surface area (Å²) in [5, 5.41) is 18.2. The van der Waals surface area contributed by atoms with Gasteiger partial charge in [-0.3, -0.25) is 9.89 Å². The molecule has 1 heterocycles. The molecule has 1 aromatic heterocycles. The van der Waals surface area contributed by atoms with Gasteiger partial charge in [0.2, 0.25) is 0 Å². The predicted molar refractivity (Wildman–Crippen MR) is 66.7 cm³/mol. The molecule has 6 nitrogen and oxygen atoms in total. The summed E-state index contributed by atoms with van der Waals surface area (Å²) in [6, 6.07) is 10.2. The van der Waals surface area contributed by atoms with Crippen LogP contribution in [0, 0.1) is 0 Å². The lowest BCUT2D eigenvalue weighted by Gasteiger charge is -2.15. The quantitative estimate of drug-likeness (QED) is 0.629. The number of nitrogen functional groups attached to an aromatic ring is 1. The van der Waals surface area contributed by atoms with Crippen LogP contribution in [0.1, 0.15) is 22.1 Å². The number of carbonyl (C=O) groups is 1. The number of amides is 1. The largest absolute Gasteiger partial charge is 0.394 e. The lowest BCUT2D eigenvalue weighted by atomic mass is 10.1. The van der Waals surface area contributed by atoms with Crippen molar-refractivity contribution in [3.63, 3.8) is 0 Å². The van der Waals surface area contributed by atoms with Gasteiger partial charge in [0.15, 0.2) is 0 Å². The minimum absolute atomic E-state index is 0.181. The maximum Gasteiger partial charge on any atom is 0.269 e. The zero-order chi connectivity index (χ0) is 13.0. The fourth-order valence-corrected chi connectivity index (χ4v) is 1.61. The highest BCUT2D eigenvalue weighted by Gasteiger charge is 2.15. The van der Waals surface area contributed by atoms with E-state index in [0.29, 0.717) is 0 Å². The lowest BCUT2D eigenvalue weighted by Crippen LogP contribution is -2.31. The summed E-state index contributed by atoms with van der Waals surface area (Å²) < 4.78 is 0. The molecular formula is C12H14N4O2. The number of H-pyrrole nitrogens is 1. The van der Waals surface area contributed by atoms with Crippen molar-refractivity contribution in [2.24, 2.45) is 0 Å². The van der Waals surface area contributed by atoms with Gasteiger partial charge in [-0.15, -0.1) is 0 Å². The molecule has 0 aliphatic rings. The molecule has 0 saturated heterocycles. The molecule has 6 heteroatoms. The van der Waals surface area contributed by atoms with E-state index in [2.05, 4.69) is 15.5 Å². The third-order valence-corrected chi connectivity index (χ3v) is 2.53. The Bertz CT molecular complexity index is 524. The number of nitrogens with zero attached hydrogens (tertiary/aromatic N) is 1. The van der Waals surface area contributed by atoms with E-state index in [1.807, 2.05) is 30.3 Å². The molecule has 18 heavy (non-hydrogen) atoms. The van der Waals surface area contributed by atoms with E-state index in [0.717, 1.165) is 5.56 Å². The van der Waals surface area contributed by atoms with Crippen molar-refractivity contribution >= 4 is 11.7 Å². The predicted octanol–water partition coefficient (Wildman–Crippen LogP) is 0.455. The summed E-state index contributed by atoms with van der Waals surface area (Å²) in [6.07, 6.45) is 0. The molecule has 0 bridgehead atoms. The standard InChI is InChI=1S/C12H14N4O2/c13-11-6-9(15-16-11)12(18)14-10(7-17)8-4-2-1-3-5-8/h1-6,10,17H,7H2,(H,14,18)(H3,13,15,16)/t10-/m0/s1. The van der Waals surface area contributed by atoms with Gasteiger partial charge in [-0.1, -0.05) is 30.3 Å². The normalized spacial score (nSPS) is 12.1. The molecule has 0 fully saturated rings. The molecule has 1 aromatic carbocycles. The van der Waals surface area contributed by atoms with Crippen LogP contribution < -0.4 is 11.1 Å². The molecular weight excluding hydrogens is 232 g/mol. The number of rotatable bonds is 4. The molecule has 2 aromatic rings. The van der Waals surface area contributed by atoms with Crippen LogP contribution in [0.4, 0.5) is 5.82 Å². The number of carbonyl (C=O) groups excluding carboxylic acids is 1. The Balaban J connectivity index is 2.10. The lowest BCUT2D eigenvalue weighted by molar-refractivity contribution is 0.0911. The third-order valence-electron chi connectivity index (χ3n) is 2.53. The average molecular weight is 246 g/mol. The Kier molecular flexibility index (Phi) is 3.59. The molecule has 5 N–H and O–H groups in total. The van der Waals surface area contributed by atoms with Crippen LogP contribution in [0.15, 0.2) is 36.4 Å². The van der Waals surface area contributed by atoms with E-state index in [4.69, 9.17) is 5.73 Å². The Morgan fingerprint density at radius 2 is 2.17 bits per heavy atom. The Hall–Kier alpha value is -2.34. The van der Waals surface area contributed by atoms with Gasteiger partial charge in [-0.2, -0.15) is 5.10 Å². The van der Waals surface area contributed by atoms with Gasteiger partial charge >= 0.3 is 0 Å². The minimum Gasteiger partial charge on any atom is -0.394 e. The highest BCUT2D eigenvalue weighted by atomic mass is 16.3. The van der Waals surface area contributed by atoms with E-state index in [-0.39, 0.29) is 24.0 Å². The van der Waals surface area contributed by atoms with Crippen LogP contribution >= 0.6 is 0 Å². The van der Waals surface area contributed by atoms with E-state index >= 15 is 0 Å². The number of anilines is 1. The second kappa shape index (κ2) is 5.33. The monoisotopic (exact) mass is 246 g/mol. The van der Waals surface area contributed by atoms with Gasteiger partial charge in [0.05, 0.1) is 12.6 Å². The first kappa shape index (κ1) is 12.1. The molecule has 94 valence electrons. The smallest absolute Gasteiger partial charge is 0.269 e. The highest BCUT2D eigenvalue weighted by molar-refractivity contribution is 5.93. The second-order valence-electron chi connectivity index (χ2n) is 3.83. The number of aliphatic hydroxyl groups excluding tert-OH is 1. The fraction of sp³-hybridized carbons (Fsp3) is 0.167. The first-order valence-electron chi connectivity index (χ1n) is 5.48. The molecule has 0 saturated carbocycles. The SMILES string of the molecule is Nc1cc(C(=O)N[C@@H](CO)c2ccccc2)[nH]n1. The van der Waals surface area contributed by atoms with Crippen molar-refractivity contribution < 1.29 is 9.90 Å². The van der Waals surface area contributed by atoms with Gasteiger partial charge in [-0.25, -0.2) is 0 Å². The number of nitrogens with one attached hydrogen (secondary N) is 2. The van der Waals surface area contributed by atoms with Crippen LogP contribution in [0.25, 0.3) is 0 Å². The number of hydrogen-bond donors (Lipinski definition) is 4. The molecule has 2 rings (SSSR count). The molecule has 0 aliphatic carbocycles. The first-order valence-corrected chi connectivity index (χ1v) is 5.48. The van der Waals surface area contributed by atoms with Crippen LogP contribution in [-0.4, -0.2) is 27.8 Å². The maximum absolute atomic E-state index is 11.9. The van der Waals surface area contributed by atoms with E-state index in [1.54, 1.807) is 0 Å². The first-order chi connectivity index (χ1) is 8.70. The summed E-state index contributed by atoms with van der Waals surface area (Å²) in [7, 11) is 0. The Labute approximate surface area is 104 Å². The third kappa shape index (κ3) is 2.67. The van der Waals surface area contributed by atoms with Crippen LogP contribution in [0.3, 0.4) is 0 Å². The van der Waals surface area contributed by atoms with Crippen molar-refractivity contribution in [2.75, 3.05) is 12.3 Å². The Morgan fingerprint density at radius 3 is 2.72 bits per heavy atom. The van der Waals surface area contributed by atoms with Crippen LogP contribution in [0.2, 0.25) is 0 Å². The van der Waals surface area contributed by atoms with E-state index in [1.165, 1.54) is 6.07 Å². The summed E-state index contributed by atoms with van der Waals surface area (Å²) in [6.45, 7) is -0.181. The van der Waals surface area contributed by atoms with Gasteiger partial charge in [0.25, 0.3) is 5.91 Å². The van der Waals surface area contributed by atoms with Crippen molar-refractivity contribution in [3.8, 4) is 0 Å². The molecule has 0 unspecified atom stereocenters. The number of benzene rings is 1. The summed E-state index contributed by atoms with van der Waals surface area (Å²) in [5.41, 5.74) is 6.52. The van der Waals surface area contributed by atoms with E-state index < -0.39 is 6.04 Å². The fourth-order valence-electron chi connectivity index (χ4n) is 1.61. The molecule has 0 spiro atoms. The highest BCUT2D eigenvalue weighted by Crippen LogP contribution is 2.12. The summed E-state index contributed by atoms with van der Waals surface area (Å²) in [5.74, 6) is -0.109. The van der Waals surface area contributed by atoms with Gasteiger partial charge in [0, 0.05) is 6.07 Å². The summed E-state index contributed by atoms with van der Waals surface area (Å²) >= 11 is 0. The van der Waals surface area contributed by atoms with Crippen LogP contribution in [0.5, 0.6) is 0 Å². The second-order valence-corrected chi connectivity index (χ2v) is 3.83. The average Bonchev–Trinajstić information content (AvgIpc) is 2.83.